The van der Waals surface area contributed by atoms with Crippen LogP contribution in [-0.2, 0) is 4.79 Å². The van der Waals surface area contributed by atoms with E-state index in [1.54, 1.807) is 44.5 Å². The summed E-state index contributed by atoms with van der Waals surface area (Å²) in [5.41, 5.74) is 1.53. The number of nitrogens with one attached hydrogen (secondary N) is 2. The van der Waals surface area contributed by atoms with Gasteiger partial charge in [0.15, 0.2) is 11.5 Å². The molecule has 2 N–H and O–H groups in total. The molecule has 0 aliphatic carbocycles. The number of nitrogens with zero attached hydrogens (tertiary/aromatic N) is 2. The molecule has 0 radical (unpaired) electrons. The van der Waals surface area contributed by atoms with Crippen LogP contribution < -0.4 is 25.0 Å². The standard InChI is InChI=1S/C22H20N4O4/c1-26-17-11-14(12-23-21(17)24-13-20(26)27)22(28)25-15-7-9-16(10-8-15)30-19-6-4-3-5-18(19)29-2/h3-12H,13H2,1-2H3,(H,23,24)(H,25,28). The van der Waals surface area contributed by atoms with Crippen molar-refractivity contribution in [1.82, 2.24) is 4.98 Å². The molecule has 1 aromatic heterocycles. The predicted octanol–water partition coefficient (Wildman–Crippen LogP) is 3.52. The van der Waals surface area contributed by atoms with Crippen molar-refractivity contribution in [3.8, 4) is 17.2 Å². The van der Waals surface area contributed by atoms with Gasteiger partial charge in [-0.05, 0) is 42.5 Å². The van der Waals surface area contributed by atoms with Crippen LogP contribution in [0.4, 0.5) is 17.2 Å². The smallest absolute Gasteiger partial charge is 0.257 e. The number of hydrogen-bond acceptors (Lipinski definition) is 6. The van der Waals surface area contributed by atoms with E-state index in [-0.39, 0.29) is 18.4 Å². The number of methoxy groups -OCH3 is 1. The third-order valence-electron chi connectivity index (χ3n) is 4.68. The maximum absolute atomic E-state index is 12.6. The summed E-state index contributed by atoms with van der Waals surface area (Å²) in [6, 6.07) is 16.0. The minimum absolute atomic E-state index is 0.0903. The van der Waals surface area contributed by atoms with Crippen LogP contribution in [-0.4, -0.2) is 37.5 Å². The molecule has 0 atom stereocenters. The molecule has 0 saturated heterocycles. The lowest BCUT2D eigenvalue weighted by Gasteiger charge is -2.26. The molecule has 0 unspecified atom stereocenters. The number of anilines is 3. The van der Waals surface area contributed by atoms with Gasteiger partial charge in [-0.15, -0.1) is 0 Å². The van der Waals surface area contributed by atoms with Crippen molar-refractivity contribution in [1.29, 1.82) is 0 Å². The number of rotatable bonds is 5. The number of likely N-dealkylation sites (N-methyl/N-ethyl adjacent to an activating group) is 1. The molecule has 30 heavy (non-hydrogen) atoms. The van der Waals surface area contributed by atoms with Crippen molar-refractivity contribution in [2.75, 3.05) is 36.2 Å². The van der Waals surface area contributed by atoms with Gasteiger partial charge in [0.25, 0.3) is 5.91 Å². The third kappa shape index (κ3) is 3.88. The Morgan fingerprint density at radius 2 is 1.87 bits per heavy atom. The highest BCUT2D eigenvalue weighted by molar-refractivity contribution is 6.07. The molecule has 0 bridgehead atoms. The highest BCUT2D eigenvalue weighted by atomic mass is 16.5. The Balaban J connectivity index is 1.46. The first-order valence-electron chi connectivity index (χ1n) is 9.28. The van der Waals surface area contributed by atoms with Gasteiger partial charge in [0.2, 0.25) is 5.91 Å². The fraction of sp³-hybridized carbons (Fsp3) is 0.136. The molecule has 1 aliphatic heterocycles. The predicted molar refractivity (Wildman–Crippen MR) is 114 cm³/mol. The Morgan fingerprint density at radius 1 is 1.13 bits per heavy atom. The normalized spacial score (nSPS) is 12.6. The Hall–Kier alpha value is -4.07. The summed E-state index contributed by atoms with van der Waals surface area (Å²) in [7, 11) is 3.24. The molecule has 0 saturated carbocycles. The van der Waals surface area contributed by atoms with E-state index in [2.05, 4.69) is 15.6 Å². The number of aromatic nitrogens is 1. The van der Waals surface area contributed by atoms with Crippen molar-refractivity contribution >= 4 is 29.0 Å². The zero-order valence-electron chi connectivity index (χ0n) is 16.5. The van der Waals surface area contributed by atoms with Crippen molar-refractivity contribution in [2.24, 2.45) is 0 Å². The number of hydrogen-bond donors (Lipinski definition) is 2. The van der Waals surface area contributed by atoms with E-state index < -0.39 is 0 Å². The van der Waals surface area contributed by atoms with Crippen LogP contribution >= 0.6 is 0 Å². The molecular weight excluding hydrogens is 384 g/mol. The topological polar surface area (TPSA) is 92.8 Å². The lowest BCUT2D eigenvalue weighted by atomic mass is 10.2. The van der Waals surface area contributed by atoms with Gasteiger partial charge in [0.1, 0.15) is 11.6 Å². The Morgan fingerprint density at radius 3 is 2.60 bits per heavy atom. The van der Waals surface area contributed by atoms with E-state index in [1.807, 2.05) is 24.3 Å². The quantitative estimate of drug-likeness (QED) is 0.676. The average Bonchev–Trinajstić information content (AvgIpc) is 2.78. The molecule has 0 spiro atoms. The molecule has 2 amide bonds. The highest BCUT2D eigenvalue weighted by Crippen LogP contribution is 2.31. The molecule has 152 valence electrons. The van der Waals surface area contributed by atoms with Crippen molar-refractivity contribution in [3.05, 3.63) is 66.4 Å². The highest BCUT2D eigenvalue weighted by Gasteiger charge is 2.23. The van der Waals surface area contributed by atoms with Gasteiger partial charge in [-0.25, -0.2) is 4.98 Å². The first-order chi connectivity index (χ1) is 14.5. The van der Waals surface area contributed by atoms with Gasteiger partial charge >= 0.3 is 0 Å². The zero-order chi connectivity index (χ0) is 21.1. The van der Waals surface area contributed by atoms with Gasteiger partial charge in [-0.2, -0.15) is 0 Å². The maximum Gasteiger partial charge on any atom is 0.257 e. The van der Waals surface area contributed by atoms with Gasteiger partial charge in [-0.3, -0.25) is 9.59 Å². The number of fused-ring (bicyclic) bond motifs is 1. The first kappa shape index (κ1) is 19.3. The SMILES string of the molecule is COc1ccccc1Oc1ccc(NC(=O)c2cnc3c(c2)N(C)C(=O)CN3)cc1. The Kier molecular flexibility index (Phi) is 5.21. The van der Waals surface area contributed by atoms with Crippen LogP contribution in [0.3, 0.4) is 0 Å². The lowest BCUT2D eigenvalue weighted by molar-refractivity contribution is -0.116. The van der Waals surface area contributed by atoms with Gasteiger partial charge in [-0.1, -0.05) is 12.1 Å². The van der Waals surface area contributed by atoms with Crippen LogP contribution in [0.25, 0.3) is 0 Å². The fourth-order valence-corrected chi connectivity index (χ4v) is 3.02. The van der Waals surface area contributed by atoms with Crippen LogP contribution in [0.15, 0.2) is 60.8 Å². The summed E-state index contributed by atoms with van der Waals surface area (Å²) in [5, 5.41) is 5.76. The Labute approximate surface area is 173 Å². The molecule has 8 nitrogen and oxygen atoms in total. The summed E-state index contributed by atoms with van der Waals surface area (Å²) in [4.78, 5) is 30.2. The zero-order valence-corrected chi connectivity index (χ0v) is 16.5. The van der Waals surface area contributed by atoms with Crippen molar-refractivity contribution in [2.45, 2.75) is 0 Å². The summed E-state index contributed by atoms with van der Waals surface area (Å²) in [6.45, 7) is 0.186. The molecule has 3 aromatic rings. The molecule has 0 fully saturated rings. The maximum atomic E-state index is 12.6. The van der Waals surface area contributed by atoms with E-state index in [9.17, 15) is 9.59 Å². The number of carbonyl (C=O) groups is 2. The van der Waals surface area contributed by atoms with Crippen molar-refractivity contribution in [3.63, 3.8) is 0 Å². The first-order valence-corrected chi connectivity index (χ1v) is 9.28. The number of para-hydroxylation sites is 2. The van der Waals surface area contributed by atoms with Gasteiger partial charge in [0, 0.05) is 18.9 Å². The number of carbonyl (C=O) groups excluding carboxylic acids is 2. The summed E-state index contributed by atoms with van der Waals surface area (Å²) < 4.78 is 11.1. The summed E-state index contributed by atoms with van der Waals surface area (Å²) >= 11 is 0. The molecular formula is C22H20N4O4. The fourth-order valence-electron chi connectivity index (χ4n) is 3.02. The van der Waals surface area contributed by atoms with E-state index in [1.165, 1.54) is 11.1 Å². The van der Waals surface area contributed by atoms with Crippen molar-refractivity contribution < 1.29 is 19.1 Å². The van der Waals surface area contributed by atoms with E-state index >= 15 is 0 Å². The van der Waals surface area contributed by atoms with Gasteiger partial charge in [0.05, 0.1) is 24.9 Å². The third-order valence-corrected chi connectivity index (χ3v) is 4.68. The minimum atomic E-state index is -0.324. The lowest BCUT2D eigenvalue weighted by Crippen LogP contribution is -2.37. The summed E-state index contributed by atoms with van der Waals surface area (Å²) in [6.07, 6.45) is 1.48. The summed E-state index contributed by atoms with van der Waals surface area (Å²) in [5.74, 6) is 2.00. The van der Waals surface area contributed by atoms with E-state index in [4.69, 9.17) is 9.47 Å². The second-order valence-corrected chi connectivity index (χ2v) is 6.63. The van der Waals surface area contributed by atoms with E-state index in [0.29, 0.717) is 40.0 Å². The second kappa shape index (κ2) is 8.12. The van der Waals surface area contributed by atoms with E-state index in [0.717, 1.165) is 0 Å². The number of pyridine rings is 1. The largest absolute Gasteiger partial charge is 0.493 e. The van der Waals surface area contributed by atoms with Crippen LogP contribution in [0.5, 0.6) is 17.2 Å². The molecule has 8 heteroatoms. The van der Waals surface area contributed by atoms with Crippen LogP contribution in [0, 0.1) is 0 Å². The average molecular weight is 404 g/mol. The molecule has 2 aromatic carbocycles. The molecule has 2 heterocycles. The second-order valence-electron chi connectivity index (χ2n) is 6.63. The van der Waals surface area contributed by atoms with Gasteiger partial charge < -0.3 is 25.0 Å². The number of ether oxygens (including phenoxy) is 2. The molecule has 1 aliphatic rings. The van der Waals surface area contributed by atoms with Crippen LogP contribution in [0.2, 0.25) is 0 Å². The molecule has 4 rings (SSSR count). The number of benzene rings is 2. The Bertz CT molecular complexity index is 1100. The number of amides is 2. The monoisotopic (exact) mass is 404 g/mol. The minimum Gasteiger partial charge on any atom is -0.493 e. The van der Waals surface area contributed by atoms with Crippen LogP contribution in [0.1, 0.15) is 10.4 Å².